The summed E-state index contributed by atoms with van der Waals surface area (Å²) in [5, 5.41) is 5.50. The first-order chi connectivity index (χ1) is 9.78. The molecule has 3 N–H and O–H groups in total. The number of nitrogens with zero attached hydrogens (tertiary/aromatic N) is 1. The highest BCUT2D eigenvalue weighted by molar-refractivity contribution is 7.99. The fourth-order valence-corrected chi connectivity index (χ4v) is 3.71. The van der Waals surface area contributed by atoms with Gasteiger partial charge in [0.25, 0.3) is 0 Å². The highest BCUT2D eigenvalue weighted by Gasteiger charge is 2.20. The highest BCUT2D eigenvalue weighted by Crippen LogP contribution is 2.32. The molecule has 0 saturated heterocycles. The van der Waals surface area contributed by atoms with Crippen LogP contribution >= 0.6 is 11.8 Å². The van der Waals surface area contributed by atoms with Crippen LogP contribution in [0, 0.1) is 0 Å². The van der Waals surface area contributed by atoms with Crippen molar-refractivity contribution in [1.29, 1.82) is 0 Å². The first kappa shape index (κ1) is 13.6. The van der Waals surface area contributed by atoms with Gasteiger partial charge in [0.2, 0.25) is 0 Å². The zero-order chi connectivity index (χ0) is 13.9. The van der Waals surface area contributed by atoms with Gasteiger partial charge in [0.1, 0.15) is 0 Å². The van der Waals surface area contributed by atoms with Gasteiger partial charge in [-0.1, -0.05) is 0 Å². The fourth-order valence-electron chi connectivity index (χ4n) is 2.96. The summed E-state index contributed by atoms with van der Waals surface area (Å²) in [5.74, 6) is 0. The molecule has 1 aliphatic rings. The van der Waals surface area contributed by atoms with Crippen molar-refractivity contribution in [1.82, 2.24) is 4.98 Å². The minimum atomic E-state index is 0.551. The smallest absolute Gasteiger partial charge is 0.0724 e. The predicted molar refractivity (Wildman–Crippen MR) is 89.3 cm³/mol. The van der Waals surface area contributed by atoms with Crippen molar-refractivity contribution < 1.29 is 0 Å². The van der Waals surface area contributed by atoms with Gasteiger partial charge in [-0.25, -0.2) is 0 Å². The Morgan fingerprint density at radius 3 is 2.75 bits per heavy atom. The Morgan fingerprint density at radius 2 is 2.00 bits per heavy atom. The molecule has 1 saturated carbocycles. The van der Waals surface area contributed by atoms with Crippen molar-refractivity contribution in [2.24, 2.45) is 0 Å². The summed E-state index contributed by atoms with van der Waals surface area (Å²) in [4.78, 5) is 4.34. The lowest BCUT2D eigenvalue weighted by atomic mass is 9.94. The third kappa shape index (κ3) is 2.70. The van der Waals surface area contributed by atoms with Gasteiger partial charge in [-0.15, -0.1) is 0 Å². The number of anilines is 2. The van der Waals surface area contributed by atoms with E-state index in [4.69, 9.17) is 5.73 Å². The molecule has 1 aliphatic carbocycles. The number of nitrogens with two attached hydrogens (primary N) is 1. The standard InChI is InChI=1S/C16H21N3S/c1-20-12-6-4-11(5-7-12)19-15-9-8-14-13(16(15)17)3-2-10-18-14/h2-3,8-12,19H,4-7,17H2,1H3. The molecule has 106 valence electrons. The second-order valence-corrected chi connectivity index (χ2v) is 6.59. The summed E-state index contributed by atoms with van der Waals surface area (Å²) in [6.45, 7) is 0. The Morgan fingerprint density at radius 1 is 1.20 bits per heavy atom. The third-order valence-corrected chi connectivity index (χ3v) is 5.33. The van der Waals surface area contributed by atoms with Crippen LogP contribution in [0.25, 0.3) is 10.9 Å². The Hall–Kier alpha value is -1.42. The minimum Gasteiger partial charge on any atom is -0.397 e. The van der Waals surface area contributed by atoms with E-state index in [9.17, 15) is 0 Å². The Labute approximate surface area is 124 Å². The van der Waals surface area contributed by atoms with Gasteiger partial charge in [-0.3, -0.25) is 4.98 Å². The predicted octanol–water partition coefficient (Wildman–Crippen LogP) is 3.90. The Bertz CT molecular complexity index is 591. The number of nitrogens with one attached hydrogen (secondary N) is 1. The SMILES string of the molecule is CSC1CCC(Nc2ccc3ncccc3c2N)CC1. The lowest BCUT2D eigenvalue weighted by Crippen LogP contribution is -2.27. The molecule has 2 aromatic rings. The van der Waals surface area contributed by atoms with E-state index >= 15 is 0 Å². The number of fused-ring (bicyclic) bond motifs is 1. The molecular formula is C16H21N3S. The second kappa shape index (κ2) is 5.92. The molecule has 1 fully saturated rings. The van der Waals surface area contributed by atoms with E-state index in [1.807, 2.05) is 30.0 Å². The van der Waals surface area contributed by atoms with Crippen LogP contribution in [-0.2, 0) is 0 Å². The molecule has 0 unspecified atom stereocenters. The molecule has 0 aliphatic heterocycles. The van der Waals surface area contributed by atoms with Crippen molar-refractivity contribution in [3.63, 3.8) is 0 Å². The number of aromatic nitrogens is 1. The first-order valence-electron chi connectivity index (χ1n) is 7.20. The van der Waals surface area contributed by atoms with Crippen molar-refractivity contribution in [3.05, 3.63) is 30.5 Å². The van der Waals surface area contributed by atoms with Gasteiger partial charge in [0.15, 0.2) is 0 Å². The summed E-state index contributed by atoms with van der Waals surface area (Å²) in [6.07, 6.45) is 9.08. The van der Waals surface area contributed by atoms with Crippen LogP contribution in [0.15, 0.2) is 30.5 Å². The first-order valence-corrected chi connectivity index (χ1v) is 8.49. The lowest BCUT2D eigenvalue weighted by molar-refractivity contribution is 0.473. The summed E-state index contributed by atoms with van der Waals surface area (Å²) >= 11 is 2.00. The zero-order valence-electron chi connectivity index (χ0n) is 11.8. The third-order valence-electron chi connectivity index (χ3n) is 4.19. The van der Waals surface area contributed by atoms with E-state index in [0.717, 1.165) is 27.5 Å². The van der Waals surface area contributed by atoms with Crippen LogP contribution in [0.3, 0.4) is 0 Å². The molecular weight excluding hydrogens is 266 g/mol. The number of nitrogen functional groups attached to an aromatic ring is 1. The maximum atomic E-state index is 6.28. The largest absolute Gasteiger partial charge is 0.397 e. The van der Waals surface area contributed by atoms with Gasteiger partial charge >= 0.3 is 0 Å². The minimum absolute atomic E-state index is 0.551. The van der Waals surface area contributed by atoms with E-state index in [2.05, 4.69) is 22.6 Å². The maximum absolute atomic E-state index is 6.28. The summed E-state index contributed by atoms with van der Waals surface area (Å²) in [5.41, 5.74) is 9.12. The van der Waals surface area contributed by atoms with E-state index in [1.165, 1.54) is 25.7 Å². The molecule has 0 bridgehead atoms. The average molecular weight is 287 g/mol. The van der Waals surface area contributed by atoms with Crippen LogP contribution in [0.2, 0.25) is 0 Å². The van der Waals surface area contributed by atoms with Crippen molar-refractivity contribution in [3.8, 4) is 0 Å². The number of rotatable bonds is 3. The number of thioether (sulfide) groups is 1. The molecule has 1 heterocycles. The molecule has 4 heteroatoms. The monoisotopic (exact) mass is 287 g/mol. The van der Waals surface area contributed by atoms with Crippen molar-refractivity contribution in [2.45, 2.75) is 37.0 Å². The molecule has 20 heavy (non-hydrogen) atoms. The zero-order valence-corrected chi connectivity index (χ0v) is 12.6. The van der Waals surface area contributed by atoms with Gasteiger partial charge in [0, 0.05) is 22.9 Å². The number of pyridine rings is 1. The van der Waals surface area contributed by atoms with Gasteiger partial charge < -0.3 is 11.1 Å². The molecule has 0 radical (unpaired) electrons. The lowest BCUT2D eigenvalue weighted by Gasteiger charge is -2.29. The number of hydrogen-bond donors (Lipinski definition) is 2. The normalized spacial score (nSPS) is 22.9. The molecule has 0 spiro atoms. The Kier molecular flexibility index (Phi) is 4.01. The molecule has 0 amide bonds. The van der Waals surface area contributed by atoms with Crippen LogP contribution in [0.5, 0.6) is 0 Å². The van der Waals surface area contributed by atoms with Crippen LogP contribution in [-0.4, -0.2) is 22.5 Å². The topological polar surface area (TPSA) is 50.9 Å². The highest BCUT2D eigenvalue weighted by atomic mass is 32.2. The van der Waals surface area contributed by atoms with Crippen LogP contribution < -0.4 is 11.1 Å². The number of benzene rings is 1. The maximum Gasteiger partial charge on any atom is 0.0724 e. The summed E-state index contributed by atoms with van der Waals surface area (Å²) in [7, 11) is 0. The average Bonchev–Trinajstić information content (AvgIpc) is 2.51. The van der Waals surface area contributed by atoms with Crippen molar-refractivity contribution in [2.75, 3.05) is 17.3 Å². The number of hydrogen-bond acceptors (Lipinski definition) is 4. The quantitative estimate of drug-likeness (QED) is 0.841. The summed E-state index contributed by atoms with van der Waals surface area (Å²) < 4.78 is 0. The molecule has 3 nitrogen and oxygen atoms in total. The van der Waals surface area contributed by atoms with Crippen LogP contribution in [0.4, 0.5) is 11.4 Å². The van der Waals surface area contributed by atoms with Gasteiger partial charge in [-0.05, 0) is 56.2 Å². The van der Waals surface area contributed by atoms with Crippen LogP contribution in [0.1, 0.15) is 25.7 Å². The molecule has 3 rings (SSSR count). The Balaban J connectivity index is 1.76. The molecule has 1 aromatic heterocycles. The van der Waals surface area contributed by atoms with E-state index in [-0.39, 0.29) is 0 Å². The summed E-state index contributed by atoms with van der Waals surface area (Å²) in [6, 6.07) is 8.63. The van der Waals surface area contributed by atoms with E-state index < -0.39 is 0 Å². The van der Waals surface area contributed by atoms with Gasteiger partial charge in [-0.2, -0.15) is 11.8 Å². The van der Waals surface area contributed by atoms with Gasteiger partial charge in [0.05, 0.1) is 16.9 Å². The fraction of sp³-hybridized carbons (Fsp3) is 0.438. The van der Waals surface area contributed by atoms with E-state index in [0.29, 0.717) is 6.04 Å². The molecule has 0 atom stereocenters. The second-order valence-electron chi connectivity index (χ2n) is 5.45. The molecule has 1 aromatic carbocycles. The van der Waals surface area contributed by atoms with E-state index in [1.54, 1.807) is 6.20 Å². The van der Waals surface area contributed by atoms with Crippen molar-refractivity contribution >= 4 is 34.0 Å².